The lowest BCUT2D eigenvalue weighted by Crippen LogP contribution is -2.28. The summed E-state index contributed by atoms with van der Waals surface area (Å²) in [6.45, 7) is 3.61. The zero-order valence-electron chi connectivity index (χ0n) is 16.4. The summed E-state index contributed by atoms with van der Waals surface area (Å²) in [5.74, 6) is -2.50. The number of esters is 1. The molecule has 1 fully saturated rings. The third kappa shape index (κ3) is 4.80. The number of amides is 2. The number of halogens is 1. The molecule has 0 saturated carbocycles. The van der Waals surface area contributed by atoms with Crippen molar-refractivity contribution in [3.05, 3.63) is 59.9 Å². The van der Waals surface area contributed by atoms with Crippen LogP contribution < -0.4 is 10.2 Å². The summed E-state index contributed by atoms with van der Waals surface area (Å²) in [7, 11) is 0. The molecular formula is C22H23FN2O4. The van der Waals surface area contributed by atoms with E-state index in [4.69, 9.17) is 4.74 Å². The summed E-state index contributed by atoms with van der Waals surface area (Å²) < 4.78 is 19.0. The van der Waals surface area contributed by atoms with Gasteiger partial charge in [-0.05, 0) is 29.7 Å². The molecule has 29 heavy (non-hydrogen) atoms. The predicted molar refractivity (Wildman–Crippen MR) is 107 cm³/mol. The summed E-state index contributed by atoms with van der Waals surface area (Å²) in [6.07, 6.45) is -0.0784. The highest BCUT2D eigenvalue weighted by Crippen LogP contribution is 2.28. The van der Waals surface area contributed by atoms with Crippen LogP contribution in [0.3, 0.4) is 0 Å². The molecule has 152 valence electrons. The van der Waals surface area contributed by atoms with Crippen LogP contribution in [0.1, 0.15) is 31.7 Å². The zero-order chi connectivity index (χ0) is 21.0. The molecule has 0 unspecified atom stereocenters. The van der Waals surface area contributed by atoms with Crippen LogP contribution in [0.5, 0.6) is 0 Å². The zero-order valence-corrected chi connectivity index (χ0v) is 16.4. The van der Waals surface area contributed by atoms with Gasteiger partial charge in [0.1, 0.15) is 5.82 Å². The van der Waals surface area contributed by atoms with Crippen LogP contribution in [0.4, 0.5) is 15.8 Å². The fourth-order valence-corrected chi connectivity index (χ4v) is 3.32. The Balaban J connectivity index is 1.56. The SMILES string of the molecule is CC(C)c1ccccc1NC(=O)COC(=O)[C@@H]1CC(=O)N(c2ccccc2F)C1. The van der Waals surface area contributed by atoms with Crippen molar-refractivity contribution in [2.75, 3.05) is 23.4 Å². The van der Waals surface area contributed by atoms with E-state index in [0.29, 0.717) is 5.69 Å². The predicted octanol–water partition coefficient (Wildman–Crippen LogP) is 3.48. The minimum atomic E-state index is -0.738. The topological polar surface area (TPSA) is 75.7 Å². The Morgan fingerprint density at radius 1 is 1.17 bits per heavy atom. The smallest absolute Gasteiger partial charge is 0.311 e. The van der Waals surface area contributed by atoms with Gasteiger partial charge in [-0.3, -0.25) is 14.4 Å². The lowest BCUT2D eigenvalue weighted by atomic mass is 10.0. The molecule has 0 aliphatic carbocycles. The molecule has 3 rings (SSSR count). The summed E-state index contributed by atoms with van der Waals surface area (Å²) in [4.78, 5) is 37.9. The van der Waals surface area contributed by atoms with E-state index in [1.165, 1.54) is 23.1 Å². The van der Waals surface area contributed by atoms with E-state index in [1.807, 2.05) is 32.0 Å². The number of carbonyl (C=O) groups excluding carboxylic acids is 3. The van der Waals surface area contributed by atoms with E-state index in [-0.39, 0.29) is 30.5 Å². The normalized spacial score (nSPS) is 16.2. The monoisotopic (exact) mass is 398 g/mol. The van der Waals surface area contributed by atoms with Gasteiger partial charge >= 0.3 is 5.97 Å². The highest BCUT2D eigenvalue weighted by atomic mass is 19.1. The number of ether oxygens (including phenoxy) is 1. The van der Waals surface area contributed by atoms with E-state index in [2.05, 4.69) is 5.32 Å². The van der Waals surface area contributed by atoms with E-state index in [9.17, 15) is 18.8 Å². The third-order valence-electron chi connectivity index (χ3n) is 4.80. The Morgan fingerprint density at radius 2 is 1.86 bits per heavy atom. The van der Waals surface area contributed by atoms with Gasteiger partial charge in [0.05, 0.1) is 11.6 Å². The number of benzene rings is 2. The minimum Gasteiger partial charge on any atom is -0.455 e. The number of carbonyl (C=O) groups is 3. The number of nitrogens with zero attached hydrogens (tertiary/aromatic N) is 1. The van der Waals surface area contributed by atoms with Gasteiger partial charge in [-0.25, -0.2) is 4.39 Å². The summed E-state index contributed by atoms with van der Waals surface area (Å²) >= 11 is 0. The standard InChI is InChI=1S/C22H23FN2O4/c1-14(2)16-7-3-5-9-18(16)24-20(26)13-29-22(28)15-11-21(27)25(12-15)19-10-6-4-8-17(19)23/h3-10,14-15H,11-13H2,1-2H3,(H,24,26)/t15-/m1/s1. The Labute approximate surface area is 168 Å². The Morgan fingerprint density at radius 3 is 2.59 bits per heavy atom. The van der Waals surface area contributed by atoms with Gasteiger partial charge in [0.15, 0.2) is 6.61 Å². The lowest BCUT2D eigenvalue weighted by molar-refractivity contribution is -0.151. The number of hydrogen-bond donors (Lipinski definition) is 1. The van der Waals surface area contributed by atoms with E-state index < -0.39 is 30.2 Å². The van der Waals surface area contributed by atoms with Crippen molar-refractivity contribution in [3.8, 4) is 0 Å². The third-order valence-corrected chi connectivity index (χ3v) is 4.80. The molecule has 2 aromatic rings. The van der Waals surface area contributed by atoms with Gasteiger partial charge < -0.3 is 15.0 Å². The molecule has 0 aromatic heterocycles. The van der Waals surface area contributed by atoms with Crippen LogP contribution in [-0.4, -0.2) is 30.9 Å². The molecule has 2 aromatic carbocycles. The molecule has 1 heterocycles. The summed E-state index contributed by atoms with van der Waals surface area (Å²) in [6, 6.07) is 13.3. The van der Waals surface area contributed by atoms with Gasteiger partial charge in [-0.2, -0.15) is 0 Å². The van der Waals surface area contributed by atoms with Gasteiger partial charge in [0.25, 0.3) is 5.91 Å². The van der Waals surface area contributed by atoms with Crippen LogP contribution in [0.2, 0.25) is 0 Å². The molecule has 0 radical (unpaired) electrons. The van der Waals surface area contributed by atoms with Crippen LogP contribution in [-0.2, 0) is 19.1 Å². The second kappa shape index (κ2) is 8.86. The van der Waals surface area contributed by atoms with Crippen LogP contribution in [0.15, 0.2) is 48.5 Å². The van der Waals surface area contributed by atoms with Crippen molar-refractivity contribution in [1.29, 1.82) is 0 Å². The minimum absolute atomic E-state index is 0.0242. The fourth-order valence-electron chi connectivity index (χ4n) is 3.32. The second-order valence-electron chi connectivity index (χ2n) is 7.25. The van der Waals surface area contributed by atoms with Crippen LogP contribution in [0, 0.1) is 11.7 Å². The molecule has 1 aliphatic rings. The van der Waals surface area contributed by atoms with E-state index in [0.717, 1.165) is 5.56 Å². The lowest BCUT2D eigenvalue weighted by Gasteiger charge is -2.17. The Kier molecular flexibility index (Phi) is 6.26. The molecule has 6 nitrogen and oxygen atoms in total. The van der Waals surface area contributed by atoms with Crippen molar-refractivity contribution < 1.29 is 23.5 Å². The van der Waals surface area contributed by atoms with Crippen molar-refractivity contribution in [2.45, 2.75) is 26.2 Å². The molecule has 1 atom stereocenters. The first-order valence-corrected chi connectivity index (χ1v) is 9.47. The first-order chi connectivity index (χ1) is 13.9. The van der Waals surface area contributed by atoms with E-state index in [1.54, 1.807) is 12.1 Å². The average Bonchev–Trinajstić information content (AvgIpc) is 3.08. The molecule has 0 bridgehead atoms. The van der Waals surface area contributed by atoms with Crippen molar-refractivity contribution in [1.82, 2.24) is 0 Å². The first-order valence-electron chi connectivity index (χ1n) is 9.47. The van der Waals surface area contributed by atoms with Crippen LogP contribution in [0.25, 0.3) is 0 Å². The Bertz CT molecular complexity index is 929. The maximum absolute atomic E-state index is 13.9. The molecule has 1 N–H and O–H groups in total. The van der Waals surface area contributed by atoms with Gasteiger partial charge in [-0.15, -0.1) is 0 Å². The van der Waals surface area contributed by atoms with Crippen molar-refractivity contribution in [3.63, 3.8) is 0 Å². The number of anilines is 2. The van der Waals surface area contributed by atoms with Gasteiger partial charge in [0.2, 0.25) is 5.91 Å². The van der Waals surface area contributed by atoms with Crippen LogP contribution >= 0.6 is 0 Å². The fraction of sp³-hybridized carbons (Fsp3) is 0.318. The van der Waals surface area contributed by atoms with E-state index >= 15 is 0 Å². The maximum Gasteiger partial charge on any atom is 0.311 e. The van der Waals surface area contributed by atoms with Gasteiger partial charge in [0, 0.05) is 18.7 Å². The number of para-hydroxylation sites is 2. The first kappa shape index (κ1) is 20.5. The molecule has 2 amide bonds. The largest absolute Gasteiger partial charge is 0.455 e. The summed E-state index contributed by atoms with van der Waals surface area (Å²) in [5, 5.41) is 2.75. The average molecular weight is 398 g/mol. The second-order valence-corrected chi connectivity index (χ2v) is 7.25. The highest BCUT2D eigenvalue weighted by Gasteiger charge is 2.37. The molecule has 1 saturated heterocycles. The number of nitrogens with one attached hydrogen (secondary N) is 1. The van der Waals surface area contributed by atoms with Crippen molar-refractivity contribution >= 4 is 29.2 Å². The van der Waals surface area contributed by atoms with Crippen molar-refractivity contribution in [2.24, 2.45) is 5.92 Å². The molecule has 0 spiro atoms. The highest BCUT2D eigenvalue weighted by molar-refractivity contribution is 6.00. The maximum atomic E-state index is 13.9. The number of hydrogen-bond acceptors (Lipinski definition) is 4. The van der Waals surface area contributed by atoms with Gasteiger partial charge in [-0.1, -0.05) is 44.2 Å². The summed E-state index contributed by atoms with van der Waals surface area (Å²) in [5.41, 5.74) is 1.79. The molecular weight excluding hydrogens is 375 g/mol. The quantitative estimate of drug-likeness (QED) is 0.756. The Hall–Kier alpha value is -3.22. The molecule has 1 aliphatic heterocycles. The number of rotatable bonds is 6. The molecule has 7 heteroatoms.